The van der Waals surface area contributed by atoms with Crippen LogP contribution in [0.3, 0.4) is 0 Å². The van der Waals surface area contributed by atoms with Crippen molar-refractivity contribution >= 4 is 5.97 Å². The second kappa shape index (κ2) is 5.79. The molecule has 1 heterocycles. The molecule has 1 saturated carbocycles. The summed E-state index contributed by atoms with van der Waals surface area (Å²) in [6.45, 7) is 0.122. The van der Waals surface area contributed by atoms with Crippen LogP contribution in [0.4, 0.5) is 13.2 Å². The van der Waals surface area contributed by atoms with Crippen LogP contribution in [0.5, 0.6) is 11.5 Å². The Morgan fingerprint density at radius 2 is 2.10 bits per heavy atom. The second-order valence-corrected chi connectivity index (χ2v) is 4.91. The van der Waals surface area contributed by atoms with E-state index in [0.717, 1.165) is 0 Å². The zero-order chi connectivity index (χ0) is 15.6. The minimum absolute atomic E-state index is 0.0481. The first-order chi connectivity index (χ1) is 9.81. The van der Waals surface area contributed by atoms with Gasteiger partial charge in [0.1, 0.15) is 0 Å². The summed E-state index contributed by atoms with van der Waals surface area (Å²) < 4.78 is 47.4. The van der Waals surface area contributed by atoms with E-state index < -0.39 is 18.1 Å². The number of carbonyl (C=O) groups is 1. The van der Waals surface area contributed by atoms with Gasteiger partial charge in [0.15, 0.2) is 17.2 Å². The first-order valence-corrected chi connectivity index (χ1v) is 6.28. The van der Waals surface area contributed by atoms with Gasteiger partial charge in [-0.3, -0.25) is 0 Å². The molecule has 0 radical (unpaired) electrons. The topological polar surface area (TPSA) is 68.7 Å². The second-order valence-electron chi connectivity index (χ2n) is 4.91. The Kier molecular flexibility index (Phi) is 4.24. The Bertz CT molecular complexity index is 527. The molecule has 0 atom stereocenters. The van der Waals surface area contributed by atoms with Crippen molar-refractivity contribution in [3.63, 3.8) is 0 Å². The van der Waals surface area contributed by atoms with Crippen molar-refractivity contribution in [3.8, 4) is 11.5 Å². The standard InChI is InChI=1S/C13H14F3NO4/c1-20-10-4-9(12(18)19)17-5-11(10)21-6-7-2-8(3-7)13(14,15)16/h4-5,7-8H,2-3,6H2,1H3,(H,18,19). The third-order valence-electron chi connectivity index (χ3n) is 3.44. The van der Waals surface area contributed by atoms with Crippen molar-refractivity contribution in [1.82, 2.24) is 4.98 Å². The van der Waals surface area contributed by atoms with Crippen molar-refractivity contribution in [2.45, 2.75) is 19.0 Å². The van der Waals surface area contributed by atoms with Crippen molar-refractivity contribution in [2.24, 2.45) is 11.8 Å². The molecule has 8 heteroatoms. The molecule has 0 aliphatic heterocycles. The fourth-order valence-corrected chi connectivity index (χ4v) is 2.16. The van der Waals surface area contributed by atoms with Crippen LogP contribution in [-0.2, 0) is 0 Å². The highest BCUT2D eigenvalue weighted by atomic mass is 19.4. The molecular formula is C13H14F3NO4. The van der Waals surface area contributed by atoms with Crippen LogP contribution in [0.25, 0.3) is 0 Å². The number of carboxylic acids is 1. The number of aromatic nitrogens is 1. The fourth-order valence-electron chi connectivity index (χ4n) is 2.16. The van der Waals surface area contributed by atoms with E-state index in [0.29, 0.717) is 0 Å². The molecule has 116 valence electrons. The van der Waals surface area contributed by atoms with Crippen LogP contribution >= 0.6 is 0 Å². The van der Waals surface area contributed by atoms with Crippen molar-refractivity contribution in [3.05, 3.63) is 18.0 Å². The maximum Gasteiger partial charge on any atom is 0.391 e. The third-order valence-corrected chi connectivity index (χ3v) is 3.44. The molecule has 0 spiro atoms. The summed E-state index contributed by atoms with van der Waals surface area (Å²) in [7, 11) is 1.34. The third kappa shape index (κ3) is 3.56. The quantitative estimate of drug-likeness (QED) is 0.906. The maximum atomic E-state index is 12.3. The average Bonchev–Trinajstić information content (AvgIpc) is 2.35. The summed E-state index contributed by atoms with van der Waals surface area (Å²) in [5.74, 6) is -2.21. The Morgan fingerprint density at radius 1 is 1.43 bits per heavy atom. The number of hydrogen-bond donors (Lipinski definition) is 1. The minimum atomic E-state index is -4.14. The van der Waals surface area contributed by atoms with Gasteiger partial charge in [-0.1, -0.05) is 0 Å². The van der Waals surface area contributed by atoms with Gasteiger partial charge in [-0.2, -0.15) is 13.2 Å². The number of halogens is 3. The number of rotatable bonds is 5. The van der Waals surface area contributed by atoms with E-state index in [1.54, 1.807) is 0 Å². The molecule has 1 aromatic rings. The van der Waals surface area contributed by atoms with E-state index in [9.17, 15) is 18.0 Å². The molecule has 0 aromatic carbocycles. The number of carboxylic acid groups (broad SMARTS) is 1. The van der Waals surface area contributed by atoms with Crippen molar-refractivity contribution in [2.75, 3.05) is 13.7 Å². The number of methoxy groups -OCH3 is 1. The zero-order valence-electron chi connectivity index (χ0n) is 11.2. The molecule has 2 rings (SSSR count). The van der Waals surface area contributed by atoms with Crippen LogP contribution in [0.2, 0.25) is 0 Å². The lowest BCUT2D eigenvalue weighted by Crippen LogP contribution is -2.38. The Balaban J connectivity index is 1.91. The van der Waals surface area contributed by atoms with E-state index in [1.807, 2.05) is 0 Å². The molecule has 5 nitrogen and oxygen atoms in total. The zero-order valence-corrected chi connectivity index (χ0v) is 11.2. The summed E-state index contributed by atoms with van der Waals surface area (Å²) in [5.41, 5.74) is -0.194. The molecule has 0 saturated heterocycles. The average molecular weight is 305 g/mol. The van der Waals surface area contributed by atoms with E-state index in [1.165, 1.54) is 19.4 Å². The molecule has 1 N–H and O–H groups in total. The summed E-state index contributed by atoms with van der Waals surface area (Å²) >= 11 is 0. The van der Waals surface area contributed by atoms with E-state index >= 15 is 0 Å². The van der Waals surface area contributed by atoms with E-state index in [2.05, 4.69) is 4.98 Å². The lowest BCUT2D eigenvalue weighted by atomic mass is 9.75. The molecule has 1 aliphatic carbocycles. The van der Waals surface area contributed by atoms with Gasteiger partial charge in [-0.25, -0.2) is 9.78 Å². The van der Waals surface area contributed by atoms with Crippen LogP contribution < -0.4 is 9.47 Å². The molecule has 1 aliphatic rings. The largest absolute Gasteiger partial charge is 0.493 e. The van der Waals surface area contributed by atoms with Crippen LogP contribution in [0.15, 0.2) is 12.3 Å². The Hall–Kier alpha value is -1.99. The summed E-state index contributed by atoms with van der Waals surface area (Å²) in [6.07, 6.45) is -2.85. The smallest absolute Gasteiger partial charge is 0.391 e. The van der Waals surface area contributed by atoms with Crippen LogP contribution in [0.1, 0.15) is 23.3 Å². The number of hydrogen-bond acceptors (Lipinski definition) is 4. The number of nitrogens with zero attached hydrogens (tertiary/aromatic N) is 1. The number of ether oxygens (including phenoxy) is 2. The lowest BCUT2D eigenvalue weighted by molar-refractivity contribution is -0.206. The van der Waals surface area contributed by atoms with Gasteiger partial charge < -0.3 is 14.6 Å². The lowest BCUT2D eigenvalue weighted by Gasteiger charge is -2.36. The molecule has 21 heavy (non-hydrogen) atoms. The first-order valence-electron chi connectivity index (χ1n) is 6.28. The van der Waals surface area contributed by atoms with Crippen molar-refractivity contribution < 1.29 is 32.5 Å². The van der Waals surface area contributed by atoms with E-state index in [-0.39, 0.29) is 42.6 Å². The van der Waals surface area contributed by atoms with Gasteiger partial charge in [-0.15, -0.1) is 0 Å². The predicted octanol–water partition coefficient (Wildman–Crippen LogP) is 2.76. The Labute approximate surface area is 118 Å². The molecule has 1 fully saturated rings. The highest BCUT2D eigenvalue weighted by Gasteiger charge is 2.47. The fraction of sp³-hybridized carbons (Fsp3) is 0.538. The summed E-state index contributed by atoms with van der Waals surface area (Å²) in [6, 6.07) is 1.21. The number of aromatic carboxylic acids is 1. The van der Waals surface area contributed by atoms with Gasteiger partial charge in [0, 0.05) is 6.07 Å². The molecule has 0 amide bonds. The van der Waals surface area contributed by atoms with Crippen LogP contribution in [-0.4, -0.2) is 36.0 Å². The monoisotopic (exact) mass is 305 g/mol. The molecular weight excluding hydrogens is 291 g/mol. The highest BCUT2D eigenvalue weighted by Crippen LogP contribution is 2.45. The van der Waals surface area contributed by atoms with E-state index in [4.69, 9.17) is 14.6 Å². The predicted molar refractivity (Wildman–Crippen MR) is 65.5 cm³/mol. The van der Waals surface area contributed by atoms with Crippen LogP contribution in [0, 0.1) is 11.8 Å². The SMILES string of the molecule is COc1cc(C(=O)O)ncc1OCC1CC(C(F)(F)F)C1. The van der Waals surface area contributed by atoms with Gasteiger partial charge >= 0.3 is 12.1 Å². The highest BCUT2D eigenvalue weighted by molar-refractivity contribution is 5.86. The van der Waals surface area contributed by atoms with Gasteiger partial charge in [0.25, 0.3) is 0 Å². The molecule has 0 unspecified atom stereocenters. The Morgan fingerprint density at radius 3 is 2.62 bits per heavy atom. The summed E-state index contributed by atoms with van der Waals surface area (Å²) in [5, 5.41) is 8.80. The van der Waals surface area contributed by atoms with Gasteiger partial charge in [-0.05, 0) is 18.8 Å². The van der Waals surface area contributed by atoms with Gasteiger partial charge in [0.2, 0.25) is 0 Å². The minimum Gasteiger partial charge on any atom is -0.493 e. The first kappa shape index (κ1) is 15.4. The van der Waals surface area contributed by atoms with Crippen molar-refractivity contribution in [1.29, 1.82) is 0 Å². The molecule has 0 bridgehead atoms. The maximum absolute atomic E-state index is 12.3. The van der Waals surface area contributed by atoms with Gasteiger partial charge in [0.05, 0.1) is 25.8 Å². The molecule has 1 aromatic heterocycles. The summed E-state index contributed by atoms with van der Waals surface area (Å²) in [4.78, 5) is 14.4. The number of pyridine rings is 1. The normalized spacial score (nSPS) is 21.5. The number of alkyl halides is 3.